The summed E-state index contributed by atoms with van der Waals surface area (Å²) >= 11 is 6.02. The average Bonchev–Trinajstić information content (AvgIpc) is 2.84. The van der Waals surface area contributed by atoms with Gasteiger partial charge in [-0.25, -0.2) is 0 Å². The third-order valence-corrected chi connectivity index (χ3v) is 3.22. The Bertz CT molecular complexity index is 690. The smallest absolute Gasteiger partial charge is 0.0723 e. The van der Waals surface area contributed by atoms with Crippen molar-refractivity contribution in [2.75, 3.05) is 5.73 Å². The number of hydrogen-bond acceptors (Lipinski definition) is 2. The second-order valence-corrected chi connectivity index (χ2v) is 4.67. The molecule has 0 saturated carbocycles. The maximum Gasteiger partial charge on any atom is 0.0723 e. The van der Waals surface area contributed by atoms with Crippen LogP contribution in [0.4, 0.5) is 5.69 Å². The van der Waals surface area contributed by atoms with Crippen molar-refractivity contribution in [2.45, 2.75) is 6.54 Å². The Morgan fingerprint density at radius 2 is 1.94 bits per heavy atom. The van der Waals surface area contributed by atoms with Gasteiger partial charge in [0.05, 0.1) is 16.2 Å². The first kappa shape index (κ1) is 11.1. The van der Waals surface area contributed by atoms with Crippen LogP contribution in [0.1, 0.15) is 5.56 Å². The zero-order valence-electron chi connectivity index (χ0n) is 9.68. The molecule has 0 aliphatic carbocycles. The number of benzene rings is 1. The molecule has 2 aromatic heterocycles. The highest BCUT2D eigenvalue weighted by Crippen LogP contribution is 2.25. The fourth-order valence-electron chi connectivity index (χ4n) is 1.98. The van der Waals surface area contributed by atoms with Crippen LogP contribution in [0.5, 0.6) is 0 Å². The summed E-state index contributed by atoms with van der Waals surface area (Å²) in [5.41, 5.74) is 8.33. The fraction of sp³-hybridized carbons (Fsp3) is 0.0714. The van der Waals surface area contributed by atoms with E-state index in [9.17, 15) is 0 Å². The third-order valence-electron chi connectivity index (χ3n) is 2.89. The minimum atomic E-state index is 0.565. The van der Waals surface area contributed by atoms with Crippen LogP contribution in [-0.4, -0.2) is 9.55 Å². The second kappa shape index (κ2) is 4.35. The zero-order valence-corrected chi connectivity index (χ0v) is 10.4. The summed E-state index contributed by atoms with van der Waals surface area (Å²) in [4.78, 5) is 4.41. The SMILES string of the molecule is Nc1cc2ncc(Cn3cccc3)cc2cc1Cl. The third kappa shape index (κ3) is 2.05. The minimum Gasteiger partial charge on any atom is -0.397 e. The maximum absolute atomic E-state index is 6.02. The summed E-state index contributed by atoms with van der Waals surface area (Å²) in [6.45, 7) is 0.804. The Balaban J connectivity index is 2.02. The van der Waals surface area contributed by atoms with Gasteiger partial charge in [0.2, 0.25) is 0 Å². The lowest BCUT2D eigenvalue weighted by molar-refractivity contribution is 0.804. The van der Waals surface area contributed by atoms with E-state index >= 15 is 0 Å². The Morgan fingerprint density at radius 1 is 1.17 bits per heavy atom. The molecule has 3 nitrogen and oxygen atoms in total. The van der Waals surface area contributed by atoms with Gasteiger partial charge in [0, 0.05) is 30.5 Å². The lowest BCUT2D eigenvalue weighted by Crippen LogP contribution is -1.97. The molecule has 0 saturated heterocycles. The number of rotatable bonds is 2. The first-order chi connectivity index (χ1) is 8.72. The predicted molar refractivity (Wildman–Crippen MR) is 74.7 cm³/mol. The molecule has 0 radical (unpaired) electrons. The van der Waals surface area contributed by atoms with Gasteiger partial charge < -0.3 is 10.3 Å². The van der Waals surface area contributed by atoms with E-state index in [2.05, 4.69) is 15.6 Å². The van der Waals surface area contributed by atoms with Gasteiger partial charge in [-0.05, 0) is 35.9 Å². The summed E-state index contributed by atoms with van der Waals surface area (Å²) in [5.74, 6) is 0. The summed E-state index contributed by atoms with van der Waals surface area (Å²) < 4.78 is 2.10. The Kier molecular flexibility index (Phi) is 2.68. The highest BCUT2D eigenvalue weighted by molar-refractivity contribution is 6.33. The van der Waals surface area contributed by atoms with Crippen LogP contribution >= 0.6 is 11.6 Å². The van der Waals surface area contributed by atoms with E-state index in [1.807, 2.05) is 36.8 Å². The normalized spacial score (nSPS) is 10.9. The van der Waals surface area contributed by atoms with Crippen LogP contribution in [0, 0.1) is 0 Å². The molecule has 1 aromatic carbocycles. The first-order valence-corrected chi connectivity index (χ1v) is 6.04. The molecule has 2 N–H and O–H groups in total. The van der Waals surface area contributed by atoms with Crippen molar-refractivity contribution in [1.29, 1.82) is 0 Å². The highest BCUT2D eigenvalue weighted by atomic mass is 35.5. The van der Waals surface area contributed by atoms with Gasteiger partial charge in [-0.15, -0.1) is 0 Å². The van der Waals surface area contributed by atoms with E-state index in [1.54, 1.807) is 6.07 Å². The van der Waals surface area contributed by atoms with Crippen LogP contribution in [0.2, 0.25) is 5.02 Å². The van der Waals surface area contributed by atoms with E-state index in [0.29, 0.717) is 10.7 Å². The van der Waals surface area contributed by atoms with Crippen LogP contribution in [-0.2, 0) is 6.54 Å². The fourth-order valence-corrected chi connectivity index (χ4v) is 2.16. The van der Waals surface area contributed by atoms with Crippen molar-refractivity contribution in [1.82, 2.24) is 9.55 Å². The van der Waals surface area contributed by atoms with Crippen LogP contribution in [0.3, 0.4) is 0 Å². The van der Waals surface area contributed by atoms with Gasteiger partial charge in [-0.3, -0.25) is 4.98 Å². The number of hydrogen-bond donors (Lipinski definition) is 1. The summed E-state index contributed by atoms with van der Waals surface area (Å²) in [5, 5.41) is 1.58. The molecule has 4 heteroatoms. The molecule has 0 fully saturated rings. The summed E-state index contributed by atoms with van der Waals surface area (Å²) in [6, 6.07) is 9.77. The number of halogens is 1. The molecule has 0 bridgehead atoms. The molecule has 18 heavy (non-hydrogen) atoms. The van der Waals surface area contributed by atoms with E-state index < -0.39 is 0 Å². The number of pyridine rings is 1. The Hall–Kier alpha value is -2.00. The van der Waals surface area contributed by atoms with Crippen LogP contribution < -0.4 is 5.73 Å². The van der Waals surface area contributed by atoms with Gasteiger partial charge >= 0.3 is 0 Å². The average molecular weight is 258 g/mol. The van der Waals surface area contributed by atoms with Crippen molar-refractivity contribution in [3.05, 3.63) is 59.5 Å². The maximum atomic E-state index is 6.02. The van der Waals surface area contributed by atoms with Gasteiger partial charge in [0.1, 0.15) is 0 Å². The molecule has 0 aliphatic heterocycles. The standard InChI is InChI=1S/C14H12ClN3/c15-12-6-11-5-10(9-18-3-1-2-4-18)8-17-14(11)7-13(12)16/h1-8H,9,16H2. The second-order valence-electron chi connectivity index (χ2n) is 4.27. The molecule has 0 unspecified atom stereocenters. The van der Waals surface area contributed by atoms with Crippen molar-refractivity contribution in [3.8, 4) is 0 Å². The number of nitrogens with zero attached hydrogens (tertiary/aromatic N) is 2. The molecule has 0 amide bonds. The number of nitrogens with two attached hydrogens (primary N) is 1. The molecule has 0 aliphatic rings. The van der Waals surface area contributed by atoms with Crippen molar-refractivity contribution < 1.29 is 0 Å². The predicted octanol–water partition coefficient (Wildman–Crippen LogP) is 3.32. The molecular formula is C14H12ClN3. The van der Waals surface area contributed by atoms with Gasteiger partial charge in [0.25, 0.3) is 0 Å². The van der Waals surface area contributed by atoms with E-state index in [1.165, 1.54) is 0 Å². The van der Waals surface area contributed by atoms with Crippen molar-refractivity contribution in [3.63, 3.8) is 0 Å². The molecule has 0 atom stereocenters. The number of anilines is 1. The minimum absolute atomic E-state index is 0.565. The van der Waals surface area contributed by atoms with Crippen LogP contribution in [0.15, 0.2) is 48.9 Å². The summed E-state index contributed by atoms with van der Waals surface area (Å²) in [6.07, 6.45) is 5.93. The lowest BCUT2D eigenvalue weighted by Gasteiger charge is -2.06. The summed E-state index contributed by atoms with van der Waals surface area (Å²) in [7, 11) is 0. The van der Waals surface area contributed by atoms with Crippen molar-refractivity contribution >= 4 is 28.2 Å². The Morgan fingerprint density at radius 3 is 2.72 bits per heavy atom. The molecule has 3 rings (SSSR count). The number of fused-ring (bicyclic) bond motifs is 1. The van der Waals surface area contributed by atoms with Crippen LogP contribution in [0.25, 0.3) is 10.9 Å². The molecule has 90 valence electrons. The van der Waals surface area contributed by atoms with Gasteiger partial charge in [-0.1, -0.05) is 11.6 Å². The lowest BCUT2D eigenvalue weighted by atomic mass is 10.1. The van der Waals surface area contributed by atoms with Gasteiger partial charge in [0.15, 0.2) is 0 Å². The zero-order chi connectivity index (χ0) is 12.5. The molecule has 0 spiro atoms. The highest BCUT2D eigenvalue weighted by Gasteiger charge is 2.03. The number of nitrogen functional groups attached to an aromatic ring is 1. The molecule has 2 heterocycles. The topological polar surface area (TPSA) is 43.8 Å². The largest absolute Gasteiger partial charge is 0.397 e. The van der Waals surface area contributed by atoms with E-state index in [0.717, 1.165) is 23.0 Å². The monoisotopic (exact) mass is 257 g/mol. The molecular weight excluding hydrogens is 246 g/mol. The Labute approximate surface area is 110 Å². The quantitative estimate of drug-likeness (QED) is 0.716. The van der Waals surface area contributed by atoms with E-state index in [-0.39, 0.29) is 0 Å². The molecule has 3 aromatic rings. The van der Waals surface area contributed by atoms with Crippen molar-refractivity contribution in [2.24, 2.45) is 0 Å². The number of aromatic nitrogens is 2. The van der Waals surface area contributed by atoms with Gasteiger partial charge in [-0.2, -0.15) is 0 Å². The first-order valence-electron chi connectivity index (χ1n) is 5.67. The van der Waals surface area contributed by atoms with E-state index in [4.69, 9.17) is 17.3 Å².